The molecule has 94 valence electrons. The molecule has 14 heteroatoms. The molecular formula is O9Ti3Yb2. The van der Waals surface area contributed by atoms with Crippen molar-refractivity contribution in [2.24, 2.45) is 0 Å². The third kappa shape index (κ3) is 204. The van der Waals surface area contributed by atoms with E-state index in [1.165, 1.54) is 0 Å². The Kier molecular flexibility index (Phi) is 57.6. The van der Waals surface area contributed by atoms with Crippen molar-refractivity contribution in [1.82, 2.24) is 0 Å². The molecule has 0 saturated carbocycles. The zero-order valence-corrected chi connectivity index (χ0v) is 13.8. The van der Waals surface area contributed by atoms with E-state index in [1.807, 2.05) is 0 Å². The van der Waals surface area contributed by atoms with Gasteiger partial charge in [-0.05, 0) is 0 Å². The molecule has 0 rings (SSSR count). The molecule has 0 saturated heterocycles. The minimum Gasteiger partial charge on any atom is 3.00 e. The number of rotatable bonds is 0. The van der Waals surface area contributed by atoms with E-state index < -0.39 is 55.8 Å². The van der Waals surface area contributed by atoms with Gasteiger partial charge in [-0.15, -0.1) is 0 Å². The van der Waals surface area contributed by atoms with Gasteiger partial charge in [0.25, 0.3) is 0 Å². The van der Waals surface area contributed by atoms with Crippen LogP contribution in [0, 0.1) is 93.8 Å². The minimum absolute atomic E-state index is 0. The standard InChI is InChI=1S/9O.3Ti.2Yb/q;;;6*-1;;;;2*+3. The van der Waals surface area contributed by atoms with Crippen LogP contribution in [0.5, 0.6) is 0 Å². The van der Waals surface area contributed by atoms with E-state index >= 15 is 0 Å². The Morgan fingerprint density at radius 3 is 0.500 bits per heavy atom. The van der Waals surface area contributed by atoms with Gasteiger partial charge in [0.15, 0.2) is 0 Å². The summed E-state index contributed by atoms with van der Waals surface area (Å²) < 4.78 is 77.2. The van der Waals surface area contributed by atoms with Gasteiger partial charge in [0.1, 0.15) is 0 Å². The summed E-state index contributed by atoms with van der Waals surface area (Å²) in [6, 6.07) is 0. The quantitative estimate of drug-likeness (QED) is 0.233. The third-order valence-corrected chi connectivity index (χ3v) is 0. The average molecular weight is 634 g/mol. The van der Waals surface area contributed by atoms with Gasteiger partial charge in [0, 0.05) is 0 Å². The summed E-state index contributed by atoms with van der Waals surface area (Å²) >= 11 is -12.2. The van der Waals surface area contributed by atoms with Crippen LogP contribution in [-0.2, 0) is 65.8 Å². The Balaban J connectivity index is -0.0000000270. The summed E-state index contributed by atoms with van der Waals surface area (Å²) in [5.74, 6) is 0. The van der Waals surface area contributed by atoms with Crippen molar-refractivity contribution >= 4 is 0 Å². The van der Waals surface area contributed by atoms with Crippen LogP contribution in [0.3, 0.4) is 0 Å². The maximum atomic E-state index is 8.58. The Labute approximate surface area is 177 Å². The first-order chi connectivity index (χ1) is 5.20. The van der Waals surface area contributed by atoms with Gasteiger partial charge in [-0.25, -0.2) is 0 Å². The average Bonchev–Trinajstić information content (AvgIpc) is 1.54. The molecule has 0 heterocycles. The van der Waals surface area contributed by atoms with Gasteiger partial charge in [0.2, 0.25) is 0 Å². The first-order valence-electron chi connectivity index (χ1n) is 1.84. The van der Waals surface area contributed by atoms with E-state index in [1.54, 1.807) is 0 Å². The molecule has 0 aliphatic rings. The van der Waals surface area contributed by atoms with Crippen LogP contribution in [-0.4, -0.2) is 0 Å². The molecule has 14 heavy (non-hydrogen) atoms. The van der Waals surface area contributed by atoms with Gasteiger partial charge in [-0.1, -0.05) is 0 Å². The second kappa shape index (κ2) is 26.0. The van der Waals surface area contributed by atoms with Crippen molar-refractivity contribution in [2.45, 2.75) is 0 Å². The normalized spacial score (nSPS) is 5.57. The maximum absolute atomic E-state index is 8.58. The third-order valence-electron chi connectivity index (χ3n) is 0. The second-order valence-electron chi connectivity index (χ2n) is 0.750. The molecule has 0 unspecified atom stereocenters. The summed E-state index contributed by atoms with van der Waals surface area (Å²) in [7, 11) is 0. The molecule has 0 atom stereocenters. The molecule has 2 radical (unpaired) electrons. The smallest absolute Gasteiger partial charge is 3.00 e. The van der Waals surface area contributed by atoms with Crippen LogP contribution in [0.25, 0.3) is 0 Å². The Hall–Kier alpha value is 4.34. The monoisotopic (exact) mass is 636 g/mol. The summed E-state index contributed by atoms with van der Waals surface area (Å²) in [5, 5.41) is 0. The molecule has 0 amide bonds. The van der Waals surface area contributed by atoms with Gasteiger partial charge in [-0.3, -0.25) is 0 Å². The molecular weight excluding hydrogens is 634 g/mol. The van der Waals surface area contributed by atoms with Gasteiger partial charge in [0.05, 0.1) is 0 Å². The molecule has 0 N–H and O–H groups in total. The zero-order valence-electron chi connectivity index (χ0n) is 5.71. The summed E-state index contributed by atoms with van der Waals surface area (Å²) in [4.78, 5) is 0. The fourth-order valence-electron chi connectivity index (χ4n) is 0. The Bertz CT molecular complexity index is 116. The van der Waals surface area contributed by atoms with Crippen LogP contribution in [0.1, 0.15) is 0 Å². The van der Waals surface area contributed by atoms with E-state index in [4.69, 9.17) is 32.1 Å². The van der Waals surface area contributed by atoms with Crippen LogP contribution < -0.4 is 22.1 Å². The van der Waals surface area contributed by atoms with Crippen molar-refractivity contribution in [1.29, 1.82) is 0 Å². The van der Waals surface area contributed by atoms with Gasteiger partial charge >= 0.3 is 182 Å². The summed E-state index contributed by atoms with van der Waals surface area (Å²) in [5.41, 5.74) is 0. The van der Waals surface area contributed by atoms with Crippen LogP contribution in [0.2, 0.25) is 0 Å². The molecule has 0 fully saturated rings. The molecule has 0 aromatic heterocycles. The predicted octanol–water partition coefficient (Wildman–Crippen LogP) is -7.50. The van der Waals surface area contributed by atoms with E-state index in [0.29, 0.717) is 0 Å². The van der Waals surface area contributed by atoms with Gasteiger partial charge < -0.3 is 0 Å². The molecule has 0 aromatic rings. The molecule has 9 nitrogen and oxygen atoms in total. The van der Waals surface area contributed by atoms with Crippen LogP contribution >= 0.6 is 0 Å². The minimum atomic E-state index is -4.08. The van der Waals surface area contributed by atoms with Crippen LogP contribution in [0.4, 0.5) is 0 Å². The fourth-order valence-corrected chi connectivity index (χ4v) is 0. The summed E-state index contributed by atoms with van der Waals surface area (Å²) in [6.07, 6.45) is 0. The van der Waals surface area contributed by atoms with E-state index in [2.05, 4.69) is 0 Å². The second-order valence-corrected chi connectivity index (χ2v) is 3.09. The van der Waals surface area contributed by atoms with E-state index in [-0.39, 0.29) is 93.8 Å². The van der Waals surface area contributed by atoms with Crippen molar-refractivity contribution in [3.63, 3.8) is 0 Å². The predicted molar refractivity (Wildman–Crippen MR) is 2.06 cm³/mol. The molecule has 0 aromatic carbocycles. The molecule has 0 aliphatic heterocycles. The van der Waals surface area contributed by atoms with Crippen molar-refractivity contribution < 1.29 is 182 Å². The summed E-state index contributed by atoms with van der Waals surface area (Å²) in [6.45, 7) is 0. The molecule has 0 aliphatic carbocycles. The number of hydrogen-bond donors (Lipinski definition) is 0. The van der Waals surface area contributed by atoms with E-state index in [9.17, 15) is 0 Å². The topological polar surface area (TPSA) is 190 Å². The fraction of sp³-hybridized carbons (Fsp3) is 0. The maximum Gasteiger partial charge on any atom is 3.00 e. The Morgan fingerprint density at radius 2 is 0.500 bits per heavy atom. The SMILES string of the molecule is [O]=[Ti]([O-])[O-].[O]=[Ti]([O-])[O-].[O]=[Ti]([O-])[O-].[Yb+3].[Yb+3]. The molecule has 0 spiro atoms. The first-order valence-corrected chi connectivity index (χ1v) is 7.57. The molecule has 0 bridgehead atoms. The van der Waals surface area contributed by atoms with Crippen molar-refractivity contribution in [3.05, 3.63) is 0 Å². The van der Waals surface area contributed by atoms with Crippen molar-refractivity contribution in [3.8, 4) is 0 Å². The largest absolute Gasteiger partial charge is 3.00 e. The first kappa shape index (κ1) is 31.0. The van der Waals surface area contributed by atoms with Gasteiger partial charge in [-0.2, -0.15) is 0 Å². The zero-order chi connectivity index (χ0) is 10.7. The Morgan fingerprint density at radius 1 is 0.500 bits per heavy atom. The van der Waals surface area contributed by atoms with Crippen molar-refractivity contribution in [2.75, 3.05) is 0 Å². The van der Waals surface area contributed by atoms with E-state index in [0.717, 1.165) is 0 Å². The van der Waals surface area contributed by atoms with Crippen LogP contribution in [0.15, 0.2) is 0 Å². The number of hydrogen-bond acceptors (Lipinski definition) is 9.